The van der Waals surface area contributed by atoms with Crippen LogP contribution in [0.5, 0.6) is 0 Å². The van der Waals surface area contributed by atoms with Gasteiger partial charge >= 0.3 is 0 Å². The Morgan fingerprint density at radius 2 is 2.12 bits per heavy atom. The molecule has 0 aromatic heterocycles. The van der Waals surface area contributed by atoms with Crippen molar-refractivity contribution in [2.24, 2.45) is 5.92 Å². The minimum absolute atomic E-state index is 0.0485. The summed E-state index contributed by atoms with van der Waals surface area (Å²) in [6, 6.07) is 0. The van der Waals surface area contributed by atoms with Gasteiger partial charge in [-0.2, -0.15) is 0 Å². The highest BCUT2D eigenvalue weighted by atomic mass is 16.3. The van der Waals surface area contributed by atoms with Crippen LogP contribution < -0.4 is 5.32 Å². The molecule has 0 spiro atoms. The summed E-state index contributed by atoms with van der Waals surface area (Å²) in [5, 5.41) is 21.7. The van der Waals surface area contributed by atoms with E-state index < -0.39 is 6.10 Å². The second kappa shape index (κ2) is 7.63. The monoisotopic (exact) mass is 244 g/mol. The lowest BCUT2D eigenvalue weighted by molar-refractivity contribution is -0.130. The summed E-state index contributed by atoms with van der Waals surface area (Å²) in [6.45, 7) is 1.81. The van der Waals surface area contributed by atoms with Crippen LogP contribution in [0.15, 0.2) is 0 Å². The number of amides is 1. The first kappa shape index (κ1) is 14.4. The van der Waals surface area contributed by atoms with E-state index in [1.807, 2.05) is 7.05 Å². The van der Waals surface area contributed by atoms with Crippen molar-refractivity contribution < 1.29 is 15.0 Å². The normalized spacial score (nSPS) is 24.3. The molecule has 1 rings (SSSR count). The van der Waals surface area contributed by atoms with Crippen LogP contribution in [0.1, 0.15) is 25.7 Å². The van der Waals surface area contributed by atoms with Gasteiger partial charge in [0.1, 0.15) is 0 Å². The molecule has 1 aliphatic rings. The van der Waals surface area contributed by atoms with E-state index in [-0.39, 0.29) is 18.4 Å². The molecule has 2 atom stereocenters. The Kier molecular flexibility index (Phi) is 6.47. The second-order valence-electron chi connectivity index (χ2n) is 4.72. The van der Waals surface area contributed by atoms with E-state index in [0.717, 1.165) is 25.8 Å². The van der Waals surface area contributed by atoms with Crippen LogP contribution in [0.3, 0.4) is 0 Å². The van der Waals surface area contributed by atoms with Gasteiger partial charge in [0.15, 0.2) is 0 Å². The zero-order valence-corrected chi connectivity index (χ0v) is 10.6. The number of nitrogens with zero attached hydrogens (tertiary/aromatic N) is 1. The molecule has 5 nitrogen and oxygen atoms in total. The first-order chi connectivity index (χ1) is 8.19. The summed E-state index contributed by atoms with van der Waals surface area (Å²) in [4.78, 5) is 13.5. The molecule has 17 heavy (non-hydrogen) atoms. The highest BCUT2D eigenvalue weighted by Gasteiger charge is 2.32. The predicted octanol–water partition coefficient (Wildman–Crippen LogP) is -0.422. The van der Waals surface area contributed by atoms with Gasteiger partial charge in [0.05, 0.1) is 12.7 Å². The predicted molar refractivity (Wildman–Crippen MR) is 65.6 cm³/mol. The van der Waals surface area contributed by atoms with Gasteiger partial charge < -0.3 is 20.4 Å². The van der Waals surface area contributed by atoms with E-state index in [9.17, 15) is 9.90 Å². The largest absolute Gasteiger partial charge is 0.396 e. The Balaban J connectivity index is 2.16. The third kappa shape index (κ3) is 4.61. The van der Waals surface area contributed by atoms with Crippen LogP contribution in [-0.2, 0) is 4.79 Å². The van der Waals surface area contributed by atoms with Gasteiger partial charge in [-0.1, -0.05) is 6.42 Å². The van der Waals surface area contributed by atoms with Crippen molar-refractivity contribution >= 4 is 5.91 Å². The number of likely N-dealkylation sites (tertiary alicyclic amines) is 1. The number of hydrogen-bond acceptors (Lipinski definition) is 4. The van der Waals surface area contributed by atoms with Gasteiger partial charge in [0, 0.05) is 25.4 Å². The van der Waals surface area contributed by atoms with Crippen molar-refractivity contribution in [3.63, 3.8) is 0 Å². The van der Waals surface area contributed by atoms with Gasteiger partial charge in [-0.15, -0.1) is 0 Å². The molecule has 1 fully saturated rings. The molecule has 0 aliphatic carbocycles. The van der Waals surface area contributed by atoms with E-state index in [0.29, 0.717) is 19.5 Å². The van der Waals surface area contributed by atoms with Crippen LogP contribution in [0.2, 0.25) is 0 Å². The molecule has 0 bridgehead atoms. The zero-order chi connectivity index (χ0) is 12.7. The van der Waals surface area contributed by atoms with Crippen LogP contribution >= 0.6 is 0 Å². The van der Waals surface area contributed by atoms with E-state index >= 15 is 0 Å². The van der Waals surface area contributed by atoms with Gasteiger partial charge in [0.25, 0.3) is 0 Å². The van der Waals surface area contributed by atoms with E-state index in [4.69, 9.17) is 5.11 Å². The standard InChI is InChI=1S/C12H24N2O3/c1-13-6-4-2-3-5-12(17)14-7-10(9-15)11(16)8-14/h10-11,13,15-16H,2-9H2,1H3. The fourth-order valence-electron chi connectivity index (χ4n) is 2.15. The molecular weight excluding hydrogens is 220 g/mol. The molecule has 100 valence electrons. The van der Waals surface area contributed by atoms with Crippen molar-refractivity contribution in [1.82, 2.24) is 10.2 Å². The van der Waals surface area contributed by atoms with Crippen molar-refractivity contribution in [2.75, 3.05) is 33.3 Å². The third-order valence-electron chi connectivity index (χ3n) is 3.31. The summed E-state index contributed by atoms with van der Waals surface area (Å²) in [5.41, 5.74) is 0. The maximum Gasteiger partial charge on any atom is 0.222 e. The molecule has 0 aromatic carbocycles. The Morgan fingerprint density at radius 3 is 2.71 bits per heavy atom. The fourth-order valence-corrected chi connectivity index (χ4v) is 2.15. The van der Waals surface area contributed by atoms with Gasteiger partial charge in [-0.05, 0) is 26.4 Å². The number of β-amino-alcohol motifs (C(OH)–C–C–N with tert-alkyl or cyclic N) is 1. The highest BCUT2D eigenvalue weighted by molar-refractivity contribution is 5.76. The van der Waals surface area contributed by atoms with Gasteiger partial charge in [0.2, 0.25) is 5.91 Å². The topological polar surface area (TPSA) is 72.8 Å². The van der Waals surface area contributed by atoms with Crippen molar-refractivity contribution in [3.05, 3.63) is 0 Å². The minimum atomic E-state index is -0.562. The summed E-state index contributed by atoms with van der Waals surface area (Å²) in [6.07, 6.45) is 3.03. The maximum atomic E-state index is 11.8. The van der Waals surface area contributed by atoms with Crippen LogP contribution in [0.25, 0.3) is 0 Å². The number of carbonyl (C=O) groups is 1. The first-order valence-corrected chi connectivity index (χ1v) is 6.40. The molecule has 0 saturated carbocycles. The number of rotatable bonds is 7. The second-order valence-corrected chi connectivity index (χ2v) is 4.72. The number of hydrogen-bond donors (Lipinski definition) is 3. The minimum Gasteiger partial charge on any atom is -0.396 e. The van der Waals surface area contributed by atoms with Crippen molar-refractivity contribution in [1.29, 1.82) is 0 Å². The number of unbranched alkanes of at least 4 members (excludes halogenated alkanes) is 2. The molecule has 0 radical (unpaired) electrons. The molecule has 1 saturated heterocycles. The van der Waals surface area contributed by atoms with Crippen LogP contribution in [0.4, 0.5) is 0 Å². The summed E-state index contributed by atoms with van der Waals surface area (Å²) in [7, 11) is 1.92. The Labute approximate surface area is 103 Å². The summed E-state index contributed by atoms with van der Waals surface area (Å²) >= 11 is 0. The SMILES string of the molecule is CNCCCCCC(=O)N1CC(O)C(CO)C1. The molecule has 1 aliphatic heterocycles. The summed E-state index contributed by atoms with van der Waals surface area (Å²) < 4.78 is 0. The van der Waals surface area contributed by atoms with Crippen molar-refractivity contribution in [3.8, 4) is 0 Å². The molecule has 5 heteroatoms. The molecule has 1 heterocycles. The van der Waals surface area contributed by atoms with Gasteiger partial charge in [-0.3, -0.25) is 4.79 Å². The first-order valence-electron chi connectivity index (χ1n) is 6.40. The molecule has 2 unspecified atom stereocenters. The number of carbonyl (C=O) groups excluding carboxylic acids is 1. The Morgan fingerprint density at radius 1 is 1.35 bits per heavy atom. The average molecular weight is 244 g/mol. The van der Waals surface area contributed by atoms with E-state index in [1.165, 1.54) is 0 Å². The number of nitrogens with one attached hydrogen (secondary N) is 1. The van der Waals surface area contributed by atoms with E-state index in [2.05, 4.69) is 5.32 Å². The molecule has 3 N–H and O–H groups in total. The van der Waals surface area contributed by atoms with E-state index in [1.54, 1.807) is 4.90 Å². The molecule has 0 aromatic rings. The smallest absolute Gasteiger partial charge is 0.222 e. The zero-order valence-electron chi connectivity index (χ0n) is 10.6. The number of aliphatic hydroxyl groups excluding tert-OH is 2. The lowest BCUT2D eigenvalue weighted by Crippen LogP contribution is -2.29. The lowest BCUT2D eigenvalue weighted by atomic mass is 10.1. The Bertz CT molecular complexity index is 236. The maximum absolute atomic E-state index is 11.8. The van der Waals surface area contributed by atoms with Crippen LogP contribution in [-0.4, -0.2) is 60.4 Å². The average Bonchev–Trinajstić information content (AvgIpc) is 2.70. The fraction of sp³-hybridized carbons (Fsp3) is 0.917. The lowest BCUT2D eigenvalue weighted by Gasteiger charge is -2.15. The number of aliphatic hydroxyl groups is 2. The third-order valence-corrected chi connectivity index (χ3v) is 3.31. The molecule has 1 amide bonds. The highest BCUT2D eigenvalue weighted by Crippen LogP contribution is 2.17. The quantitative estimate of drug-likeness (QED) is 0.532. The van der Waals surface area contributed by atoms with Crippen LogP contribution in [0, 0.1) is 5.92 Å². The van der Waals surface area contributed by atoms with Gasteiger partial charge in [-0.25, -0.2) is 0 Å². The summed E-state index contributed by atoms with van der Waals surface area (Å²) in [5.74, 6) is -0.0623. The Hall–Kier alpha value is -0.650. The van der Waals surface area contributed by atoms with Crippen molar-refractivity contribution in [2.45, 2.75) is 31.8 Å². The molecular formula is C12H24N2O3.